The number of hydrogen-bond acceptors (Lipinski definition) is 2. The van der Waals surface area contributed by atoms with Gasteiger partial charge in [-0.3, -0.25) is 9.48 Å². The molecule has 2 aromatic rings. The normalized spacial score (nSPS) is 10.4. The Morgan fingerprint density at radius 1 is 1.31 bits per heavy atom. The van der Waals surface area contributed by atoms with E-state index in [1.807, 2.05) is 31.3 Å². The van der Waals surface area contributed by atoms with Crippen molar-refractivity contribution in [1.82, 2.24) is 9.78 Å². The van der Waals surface area contributed by atoms with E-state index < -0.39 is 0 Å². The predicted octanol–water partition coefficient (Wildman–Crippen LogP) is 2.45. The van der Waals surface area contributed by atoms with Crippen LogP contribution in [0.25, 0.3) is 0 Å². The third-order valence-corrected chi connectivity index (χ3v) is 3.00. The van der Waals surface area contributed by atoms with Crippen LogP contribution in [0.3, 0.4) is 0 Å². The van der Waals surface area contributed by atoms with Crippen LogP contribution in [0.5, 0.6) is 0 Å². The van der Waals surface area contributed by atoms with Crippen LogP contribution in [-0.2, 0) is 13.5 Å². The first kappa shape index (κ1) is 11.3. The first-order valence-corrected chi connectivity index (χ1v) is 6.00. The minimum Gasteiger partial charge on any atom is -0.292 e. The van der Waals surface area contributed by atoms with Crippen LogP contribution in [0.4, 0.5) is 0 Å². The van der Waals surface area contributed by atoms with E-state index in [1.165, 1.54) is 3.57 Å². The molecule has 16 heavy (non-hydrogen) atoms. The molecule has 0 aliphatic heterocycles. The number of halogens is 1. The lowest BCUT2D eigenvalue weighted by Gasteiger charge is -1.99. The molecule has 0 aliphatic carbocycles. The summed E-state index contributed by atoms with van der Waals surface area (Å²) in [4.78, 5) is 11.8. The lowest BCUT2D eigenvalue weighted by atomic mass is 10.1. The number of aromatic nitrogens is 2. The van der Waals surface area contributed by atoms with Gasteiger partial charge in [0, 0.05) is 23.2 Å². The highest BCUT2D eigenvalue weighted by molar-refractivity contribution is 14.1. The van der Waals surface area contributed by atoms with Crippen molar-refractivity contribution in [2.45, 2.75) is 6.42 Å². The molecule has 0 amide bonds. The molecular weight excluding hydrogens is 315 g/mol. The molecule has 1 heterocycles. The standard InChI is InChI=1S/C12H11IN2O/c1-15-7-6-11(14-15)12(16)8-9-2-4-10(13)5-3-9/h2-7H,8H2,1H3. The highest BCUT2D eigenvalue weighted by atomic mass is 127. The van der Waals surface area contributed by atoms with E-state index in [0.29, 0.717) is 12.1 Å². The number of nitrogens with zero attached hydrogens (tertiary/aromatic N) is 2. The summed E-state index contributed by atoms with van der Waals surface area (Å²) >= 11 is 2.24. The molecule has 1 aromatic heterocycles. The Morgan fingerprint density at radius 3 is 2.56 bits per heavy atom. The van der Waals surface area contributed by atoms with E-state index in [9.17, 15) is 4.79 Å². The van der Waals surface area contributed by atoms with E-state index in [4.69, 9.17) is 0 Å². The molecule has 2 rings (SSSR count). The molecule has 0 saturated heterocycles. The van der Waals surface area contributed by atoms with Crippen molar-refractivity contribution in [2.24, 2.45) is 7.05 Å². The maximum atomic E-state index is 11.8. The van der Waals surface area contributed by atoms with Gasteiger partial charge >= 0.3 is 0 Å². The summed E-state index contributed by atoms with van der Waals surface area (Å²) in [7, 11) is 1.81. The number of carbonyl (C=O) groups is 1. The predicted molar refractivity (Wildman–Crippen MR) is 70.4 cm³/mol. The van der Waals surface area contributed by atoms with Crippen molar-refractivity contribution in [2.75, 3.05) is 0 Å². The molecule has 0 saturated carbocycles. The van der Waals surface area contributed by atoms with E-state index >= 15 is 0 Å². The van der Waals surface area contributed by atoms with Crippen molar-refractivity contribution < 1.29 is 4.79 Å². The molecule has 0 bridgehead atoms. The number of aryl methyl sites for hydroxylation is 1. The van der Waals surface area contributed by atoms with Gasteiger partial charge in [0.25, 0.3) is 0 Å². The molecular formula is C12H11IN2O. The zero-order chi connectivity index (χ0) is 11.5. The van der Waals surface area contributed by atoms with Gasteiger partial charge in [-0.1, -0.05) is 12.1 Å². The molecule has 82 valence electrons. The SMILES string of the molecule is Cn1ccc(C(=O)Cc2ccc(I)cc2)n1. The maximum Gasteiger partial charge on any atom is 0.187 e. The molecule has 0 spiro atoms. The quantitative estimate of drug-likeness (QED) is 0.641. The van der Waals surface area contributed by atoms with Gasteiger partial charge in [-0.25, -0.2) is 0 Å². The Kier molecular flexibility index (Phi) is 3.38. The van der Waals surface area contributed by atoms with Crippen LogP contribution in [0.1, 0.15) is 16.1 Å². The first-order valence-electron chi connectivity index (χ1n) is 4.92. The monoisotopic (exact) mass is 326 g/mol. The molecule has 3 nitrogen and oxygen atoms in total. The fourth-order valence-corrected chi connectivity index (χ4v) is 1.80. The lowest BCUT2D eigenvalue weighted by molar-refractivity contribution is 0.0987. The summed E-state index contributed by atoms with van der Waals surface area (Å²) in [6, 6.07) is 9.70. The summed E-state index contributed by atoms with van der Waals surface area (Å²) in [5.41, 5.74) is 1.55. The van der Waals surface area contributed by atoms with Crippen molar-refractivity contribution >= 4 is 28.4 Å². The summed E-state index contributed by atoms with van der Waals surface area (Å²) in [6.07, 6.45) is 2.19. The summed E-state index contributed by atoms with van der Waals surface area (Å²) in [5.74, 6) is 0.0572. The van der Waals surface area contributed by atoms with Gasteiger partial charge in [0.05, 0.1) is 0 Å². The van der Waals surface area contributed by atoms with Gasteiger partial charge in [-0.2, -0.15) is 5.10 Å². The molecule has 0 unspecified atom stereocenters. The van der Waals surface area contributed by atoms with Crippen LogP contribution in [-0.4, -0.2) is 15.6 Å². The number of Topliss-reactive ketones (excluding diaryl/α,β-unsaturated/α-hetero) is 1. The molecule has 0 atom stereocenters. The number of hydrogen-bond donors (Lipinski definition) is 0. The smallest absolute Gasteiger partial charge is 0.187 e. The molecule has 0 aliphatic rings. The van der Waals surface area contributed by atoms with Crippen LogP contribution in [0.2, 0.25) is 0 Å². The zero-order valence-corrected chi connectivity index (χ0v) is 11.0. The van der Waals surface area contributed by atoms with Crippen molar-refractivity contribution in [3.63, 3.8) is 0 Å². The Bertz CT molecular complexity index is 502. The zero-order valence-electron chi connectivity index (χ0n) is 8.85. The first-order chi connectivity index (χ1) is 7.65. The minimum absolute atomic E-state index is 0.0572. The van der Waals surface area contributed by atoms with E-state index in [1.54, 1.807) is 16.9 Å². The Balaban J connectivity index is 2.10. The second kappa shape index (κ2) is 4.78. The van der Waals surface area contributed by atoms with Gasteiger partial charge in [-0.05, 0) is 46.4 Å². The maximum absolute atomic E-state index is 11.8. The van der Waals surface area contributed by atoms with E-state index in [-0.39, 0.29) is 5.78 Å². The molecule has 0 N–H and O–H groups in total. The largest absolute Gasteiger partial charge is 0.292 e. The third kappa shape index (κ3) is 2.69. The van der Waals surface area contributed by atoms with Crippen LogP contribution < -0.4 is 0 Å². The molecule has 1 aromatic carbocycles. The fraction of sp³-hybridized carbons (Fsp3) is 0.167. The van der Waals surface area contributed by atoms with Crippen LogP contribution >= 0.6 is 22.6 Å². The van der Waals surface area contributed by atoms with Crippen LogP contribution in [0.15, 0.2) is 36.5 Å². The van der Waals surface area contributed by atoms with Crippen LogP contribution in [0, 0.1) is 3.57 Å². The second-order valence-electron chi connectivity index (χ2n) is 3.60. The topological polar surface area (TPSA) is 34.9 Å². The second-order valence-corrected chi connectivity index (χ2v) is 4.85. The molecule has 4 heteroatoms. The lowest BCUT2D eigenvalue weighted by Crippen LogP contribution is -2.05. The van der Waals surface area contributed by atoms with Gasteiger partial charge in [0.1, 0.15) is 5.69 Å². The Hall–Kier alpha value is -1.17. The molecule has 0 radical (unpaired) electrons. The number of rotatable bonds is 3. The van der Waals surface area contributed by atoms with Crippen molar-refractivity contribution in [3.05, 3.63) is 51.4 Å². The minimum atomic E-state index is 0.0572. The number of benzene rings is 1. The summed E-state index contributed by atoms with van der Waals surface area (Å²) < 4.78 is 2.81. The Morgan fingerprint density at radius 2 is 2.00 bits per heavy atom. The summed E-state index contributed by atoms with van der Waals surface area (Å²) in [5, 5.41) is 4.09. The average molecular weight is 326 g/mol. The van der Waals surface area contributed by atoms with E-state index in [2.05, 4.69) is 27.7 Å². The number of ketones is 1. The van der Waals surface area contributed by atoms with Gasteiger partial charge in [0.2, 0.25) is 0 Å². The Labute approximate surface area is 108 Å². The molecule has 0 fully saturated rings. The highest BCUT2D eigenvalue weighted by Crippen LogP contribution is 2.09. The van der Waals surface area contributed by atoms with Gasteiger partial charge in [0.15, 0.2) is 5.78 Å². The third-order valence-electron chi connectivity index (χ3n) is 2.28. The van der Waals surface area contributed by atoms with Crippen molar-refractivity contribution in [3.8, 4) is 0 Å². The summed E-state index contributed by atoms with van der Waals surface area (Å²) in [6.45, 7) is 0. The average Bonchev–Trinajstić information content (AvgIpc) is 2.68. The van der Waals surface area contributed by atoms with Gasteiger partial charge in [-0.15, -0.1) is 0 Å². The van der Waals surface area contributed by atoms with E-state index in [0.717, 1.165) is 5.56 Å². The van der Waals surface area contributed by atoms with Gasteiger partial charge < -0.3 is 0 Å². The fourth-order valence-electron chi connectivity index (χ4n) is 1.44. The number of carbonyl (C=O) groups excluding carboxylic acids is 1. The highest BCUT2D eigenvalue weighted by Gasteiger charge is 2.09. The van der Waals surface area contributed by atoms with Crippen molar-refractivity contribution in [1.29, 1.82) is 0 Å².